The maximum Gasteiger partial charge on any atom is 0.240 e. The Labute approximate surface area is 181 Å². The number of morpholine rings is 1. The van der Waals surface area contributed by atoms with Crippen LogP contribution in [0.25, 0.3) is 27.8 Å². The highest BCUT2D eigenvalue weighted by Gasteiger charge is 2.14. The molecule has 1 aliphatic rings. The summed E-state index contributed by atoms with van der Waals surface area (Å²) in [6, 6.07) is 13.5. The van der Waals surface area contributed by atoms with Gasteiger partial charge in [0.2, 0.25) is 11.6 Å². The first-order valence-electron chi connectivity index (χ1n) is 10.3. The van der Waals surface area contributed by atoms with Gasteiger partial charge in [-0.2, -0.15) is 4.39 Å². The predicted molar refractivity (Wildman–Crippen MR) is 119 cm³/mol. The van der Waals surface area contributed by atoms with E-state index < -0.39 is 5.95 Å². The van der Waals surface area contributed by atoms with Crippen LogP contribution in [-0.4, -0.2) is 56.1 Å². The molecule has 0 amide bonds. The molecule has 9 nitrogen and oxygen atoms in total. The van der Waals surface area contributed by atoms with E-state index in [1.54, 1.807) is 12.4 Å². The number of rotatable bonds is 4. The Hall–Kier alpha value is -4.05. The van der Waals surface area contributed by atoms with Crippen molar-refractivity contribution in [2.24, 2.45) is 0 Å². The number of halogens is 1. The zero-order chi connectivity index (χ0) is 21.5. The fourth-order valence-corrected chi connectivity index (χ4v) is 3.92. The Morgan fingerprint density at radius 3 is 2.75 bits per heavy atom. The number of anilines is 3. The Kier molecular flexibility index (Phi) is 4.43. The van der Waals surface area contributed by atoms with Gasteiger partial charge in [-0.1, -0.05) is 6.07 Å². The third kappa shape index (κ3) is 3.30. The molecule has 1 aliphatic heterocycles. The molecule has 0 aliphatic carbocycles. The second-order valence-electron chi connectivity index (χ2n) is 7.58. The number of hydrogen-bond acceptors (Lipinski definition) is 7. The minimum atomic E-state index is -0.517. The molecule has 0 atom stereocenters. The molecule has 0 saturated carbocycles. The largest absolute Gasteiger partial charge is 0.378 e. The number of ether oxygens (including phenoxy) is 1. The Bertz CT molecular complexity index is 1410. The van der Waals surface area contributed by atoms with Crippen LogP contribution in [0.3, 0.4) is 0 Å². The number of aromatic nitrogens is 6. The molecule has 4 heterocycles. The van der Waals surface area contributed by atoms with Crippen LogP contribution in [0.4, 0.5) is 21.6 Å². The number of benzene rings is 2. The number of hydrogen-bond donors (Lipinski definition) is 2. The summed E-state index contributed by atoms with van der Waals surface area (Å²) >= 11 is 0. The smallest absolute Gasteiger partial charge is 0.240 e. The normalized spacial score (nSPS) is 14.3. The fraction of sp³-hybridized carbons (Fsp3) is 0.182. The quantitative estimate of drug-likeness (QED) is 0.451. The van der Waals surface area contributed by atoms with Gasteiger partial charge in [-0.05, 0) is 36.4 Å². The minimum Gasteiger partial charge on any atom is -0.378 e. The first-order valence-corrected chi connectivity index (χ1v) is 10.3. The van der Waals surface area contributed by atoms with Crippen molar-refractivity contribution in [3.05, 3.63) is 60.9 Å². The number of fused-ring (bicyclic) bond motifs is 2. The van der Waals surface area contributed by atoms with E-state index in [4.69, 9.17) is 9.72 Å². The highest BCUT2D eigenvalue weighted by Crippen LogP contribution is 2.28. The van der Waals surface area contributed by atoms with Gasteiger partial charge >= 0.3 is 0 Å². The molecule has 0 radical (unpaired) electrons. The van der Waals surface area contributed by atoms with Crippen LogP contribution >= 0.6 is 0 Å². The van der Waals surface area contributed by atoms with Gasteiger partial charge in [0.25, 0.3) is 0 Å². The monoisotopic (exact) mass is 430 g/mol. The molecule has 5 aromatic rings. The number of H-pyrrole nitrogens is 1. The molecular formula is C22H19FN8O. The van der Waals surface area contributed by atoms with E-state index in [1.807, 2.05) is 34.9 Å². The highest BCUT2D eigenvalue weighted by atomic mass is 19.1. The second kappa shape index (κ2) is 7.57. The van der Waals surface area contributed by atoms with Crippen LogP contribution < -0.4 is 10.2 Å². The van der Waals surface area contributed by atoms with Crippen molar-refractivity contribution in [1.82, 2.24) is 29.8 Å². The van der Waals surface area contributed by atoms with Crippen LogP contribution in [0.2, 0.25) is 0 Å². The van der Waals surface area contributed by atoms with Crippen LogP contribution in [0.5, 0.6) is 0 Å². The van der Waals surface area contributed by atoms with Crippen molar-refractivity contribution in [3.63, 3.8) is 0 Å². The van der Waals surface area contributed by atoms with Gasteiger partial charge in [-0.25, -0.2) is 4.98 Å². The third-order valence-corrected chi connectivity index (χ3v) is 5.60. The summed E-state index contributed by atoms with van der Waals surface area (Å²) < 4.78 is 20.9. The van der Waals surface area contributed by atoms with Crippen LogP contribution in [0.15, 0.2) is 55.0 Å². The first kappa shape index (κ1) is 18.7. The van der Waals surface area contributed by atoms with E-state index in [2.05, 4.69) is 42.7 Å². The molecule has 0 spiro atoms. The summed E-state index contributed by atoms with van der Waals surface area (Å²) in [6.45, 7) is 3.28. The van der Waals surface area contributed by atoms with E-state index in [0.717, 1.165) is 43.2 Å². The van der Waals surface area contributed by atoms with Gasteiger partial charge < -0.3 is 15.0 Å². The molecule has 10 heteroatoms. The first-order chi connectivity index (χ1) is 15.7. The standard InChI is InChI=1S/C22H19FN8O/c23-20-17-6-1-14(11-18(17)27-28-20)19-12-31-13-24-29-22(31)21(26-19)25-15-2-4-16(5-3-15)30-7-9-32-10-8-30/h1-6,11-13H,7-10H2,(H,25,26)(H,27,28). The van der Waals surface area contributed by atoms with E-state index >= 15 is 0 Å². The van der Waals surface area contributed by atoms with E-state index in [0.29, 0.717) is 28.1 Å². The molecule has 2 N–H and O–H groups in total. The second-order valence-corrected chi connectivity index (χ2v) is 7.58. The molecule has 3 aromatic heterocycles. The lowest BCUT2D eigenvalue weighted by molar-refractivity contribution is 0.122. The molecule has 6 rings (SSSR count). The van der Waals surface area contributed by atoms with Gasteiger partial charge in [0, 0.05) is 36.2 Å². The van der Waals surface area contributed by atoms with Gasteiger partial charge in [-0.15, -0.1) is 15.3 Å². The maximum atomic E-state index is 13.7. The average Bonchev–Trinajstić information content (AvgIpc) is 3.47. The molecule has 0 unspecified atom stereocenters. The third-order valence-electron chi connectivity index (χ3n) is 5.60. The van der Waals surface area contributed by atoms with Gasteiger partial charge in [0.05, 0.1) is 29.8 Å². The lowest BCUT2D eigenvalue weighted by atomic mass is 10.1. The predicted octanol–water partition coefficient (Wildman–Crippen LogP) is 3.39. The van der Waals surface area contributed by atoms with Crippen molar-refractivity contribution in [2.45, 2.75) is 0 Å². The molecular weight excluding hydrogens is 411 g/mol. The molecule has 160 valence electrons. The van der Waals surface area contributed by atoms with E-state index in [9.17, 15) is 4.39 Å². The van der Waals surface area contributed by atoms with Crippen LogP contribution in [0, 0.1) is 5.95 Å². The average molecular weight is 430 g/mol. The van der Waals surface area contributed by atoms with Crippen LogP contribution in [-0.2, 0) is 4.74 Å². The van der Waals surface area contributed by atoms with Gasteiger partial charge in [-0.3, -0.25) is 9.50 Å². The zero-order valence-electron chi connectivity index (χ0n) is 17.0. The van der Waals surface area contributed by atoms with Gasteiger partial charge in [0.15, 0.2) is 5.82 Å². The highest BCUT2D eigenvalue weighted by molar-refractivity contribution is 5.84. The lowest BCUT2D eigenvalue weighted by Gasteiger charge is -2.28. The summed E-state index contributed by atoms with van der Waals surface area (Å²) in [5.74, 6) is 0.0617. The van der Waals surface area contributed by atoms with Crippen molar-refractivity contribution >= 4 is 33.7 Å². The zero-order valence-corrected chi connectivity index (χ0v) is 17.0. The Morgan fingerprint density at radius 2 is 1.91 bits per heavy atom. The van der Waals surface area contributed by atoms with Gasteiger partial charge in [0.1, 0.15) is 6.33 Å². The Balaban J connectivity index is 1.34. The van der Waals surface area contributed by atoms with Crippen LogP contribution in [0.1, 0.15) is 0 Å². The van der Waals surface area contributed by atoms with E-state index in [-0.39, 0.29) is 0 Å². The molecule has 2 aromatic carbocycles. The van der Waals surface area contributed by atoms with Crippen molar-refractivity contribution < 1.29 is 9.13 Å². The van der Waals surface area contributed by atoms with Crippen molar-refractivity contribution in [1.29, 1.82) is 0 Å². The topological polar surface area (TPSA) is 96.3 Å². The SMILES string of the molecule is Fc1n[nH]c2cc(-c3cn4cnnc4c(Nc4ccc(N5CCOCC5)cc4)n3)ccc12. The number of nitrogens with zero attached hydrogens (tertiary/aromatic N) is 6. The summed E-state index contributed by atoms with van der Waals surface area (Å²) in [5.41, 5.74) is 4.79. The molecule has 0 bridgehead atoms. The molecule has 1 saturated heterocycles. The van der Waals surface area contributed by atoms with Crippen molar-refractivity contribution in [3.8, 4) is 11.3 Å². The lowest BCUT2D eigenvalue weighted by Crippen LogP contribution is -2.36. The van der Waals surface area contributed by atoms with Crippen molar-refractivity contribution in [2.75, 3.05) is 36.5 Å². The maximum absolute atomic E-state index is 13.7. The number of nitrogens with one attached hydrogen (secondary N) is 2. The summed E-state index contributed by atoms with van der Waals surface area (Å²) in [7, 11) is 0. The number of aromatic amines is 1. The molecule has 32 heavy (non-hydrogen) atoms. The fourth-order valence-electron chi connectivity index (χ4n) is 3.92. The summed E-state index contributed by atoms with van der Waals surface area (Å²) in [4.78, 5) is 7.08. The molecule has 1 fully saturated rings. The summed E-state index contributed by atoms with van der Waals surface area (Å²) in [5, 5.41) is 18.3. The summed E-state index contributed by atoms with van der Waals surface area (Å²) in [6.07, 6.45) is 3.47. The van der Waals surface area contributed by atoms with E-state index in [1.165, 1.54) is 0 Å². The minimum absolute atomic E-state index is 0.442. The Morgan fingerprint density at radius 1 is 1.06 bits per heavy atom.